The highest BCUT2D eigenvalue weighted by atomic mass is 32.1. The number of nitrogens with zero attached hydrogens (tertiary/aromatic N) is 3. The molecule has 1 aliphatic rings. The molecule has 1 aromatic heterocycles. The predicted molar refractivity (Wildman–Crippen MR) is 108 cm³/mol. The van der Waals surface area contributed by atoms with E-state index in [1.54, 1.807) is 25.6 Å². The second-order valence-electron chi connectivity index (χ2n) is 6.46. The first kappa shape index (κ1) is 17.0. The van der Waals surface area contributed by atoms with Gasteiger partial charge in [-0.25, -0.2) is 4.98 Å². The zero-order chi connectivity index (χ0) is 18.1. The highest BCUT2D eigenvalue weighted by Gasteiger charge is 2.22. The van der Waals surface area contributed by atoms with Crippen LogP contribution in [0.2, 0.25) is 0 Å². The van der Waals surface area contributed by atoms with Gasteiger partial charge in [0.15, 0.2) is 5.13 Å². The minimum atomic E-state index is 0.793. The van der Waals surface area contributed by atoms with E-state index in [2.05, 4.69) is 41.0 Å². The summed E-state index contributed by atoms with van der Waals surface area (Å²) in [6.45, 7) is 6.04. The number of hydrogen-bond donors (Lipinski definition) is 0. The maximum Gasteiger partial charge on any atom is 0.186 e. The second-order valence-corrected chi connectivity index (χ2v) is 7.43. The van der Waals surface area contributed by atoms with Gasteiger partial charge in [-0.15, -0.1) is 0 Å². The monoisotopic (exact) mass is 369 g/mol. The molecule has 3 aromatic rings. The summed E-state index contributed by atoms with van der Waals surface area (Å²) in [5.41, 5.74) is 3.49. The molecule has 2 heterocycles. The van der Waals surface area contributed by atoms with E-state index in [-0.39, 0.29) is 0 Å². The lowest BCUT2D eigenvalue weighted by Crippen LogP contribution is -2.46. The largest absolute Gasteiger partial charge is 0.495 e. The Morgan fingerprint density at radius 2 is 1.62 bits per heavy atom. The van der Waals surface area contributed by atoms with E-state index in [4.69, 9.17) is 14.5 Å². The number of methoxy groups -OCH3 is 2. The number of ether oxygens (including phenoxy) is 2. The predicted octanol–water partition coefficient (Wildman–Crippen LogP) is 3.95. The van der Waals surface area contributed by atoms with Gasteiger partial charge in [-0.05, 0) is 36.8 Å². The van der Waals surface area contributed by atoms with Crippen LogP contribution in [0.3, 0.4) is 0 Å². The molecule has 0 N–H and O–H groups in total. The van der Waals surface area contributed by atoms with Gasteiger partial charge in [-0.1, -0.05) is 23.5 Å². The fraction of sp³-hybridized carbons (Fsp3) is 0.350. The van der Waals surface area contributed by atoms with Crippen LogP contribution in [0, 0.1) is 6.92 Å². The van der Waals surface area contributed by atoms with E-state index >= 15 is 0 Å². The molecule has 0 aliphatic carbocycles. The van der Waals surface area contributed by atoms with Crippen LogP contribution in [-0.2, 0) is 0 Å². The standard InChI is InChI=1S/C20H23N3O2S/c1-14-5-4-6-15(13-14)22-9-11-23(12-10-22)20-21-18-16(24-2)7-8-17(25-3)19(18)26-20/h4-8,13H,9-12H2,1-3H3. The van der Waals surface area contributed by atoms with E-state index in [1.807, 2.05) is 12.1 Å². The number of piperazine rings is 1. The molecule has 1 fully saturated rings. The molecular weight excluding hydrogens is 346 g/mol. The summed E-state index contributed by atoms with van der Waals surface area (Å²) in [6, 6.07) is 12.6. The lowest BCUT2D eigenvalue weighted by molar-refractivity contribution is 0.410. The van der Waals surface area contributed by atoms with Crippen LogP contribution in [0.4, 0.5) is 10.8 Å². The summed E-state index contributed by atoms with van der Waals surface area (Å²) in [7, 11) is 3.38. The molecule has 0 atom stereocenters. The lowest BCUT2D eigenvalue weighted by Gasteiger charge is -2.36. The third-order valence-electron chi connectivity index (χ3n) is 4.82. The van der Waals surface area contributed by atoms with Crippen molar-refractivity contribution < 1.29 is 9.47 Å². The molecule has 26 heavy (non-hydrogen) atoms. The first-order valence-electron chi connectivity index (χ1n) is 8.77. The zero-order valence-electron chi connectivity index (χ0n) is 15.4. The molecule has 0 radical (unpaired) electrons. The molecule has 0 saturated carbocycles. The van der Waals surface area contributed by atoms with Crippen molar-refractivity contribution in [2.24, 2.45) is 0 Å². The maximum absolute atomic E-state index is 5.50. The van der Waals surface area contributed by atoms with Crippen molar-refractivity contribution >= 4 is 32.4 Å². The molecule has 4 rings (SSSR count). The van der Waals surface area contributed by atoms with E-state index in [0.29, 0.717) is 0 Å². The molecular formula is C20H23N3O2S. The van der Waals surface area contributed by atoms with E-state index in [0.717, 1.165) is 53.0 Å². The first-order chi connectivity index (χ1) is 12.7. The molecule has 0 bridgehead atoms. The molecule has 136 valence electrons. The molecule has 5 nitrogen and oxygen atoms in total. The van der Waals surface area contributed by atoms with Gasteiger partial charge in [0.25, 0.3) is 0 Å². The number of fused-ring (bicyclic) bond motifs is 1. The third kappa shape index (κ3) is 3.05. The normalized spacial score (nSPS) is 14.7. The summed E-state index contributed by atoms with van der Waals surface area (Å²) in [5.74, 6) is 1.64. The zero-order valence-corrected chi connectivity index (χ0v) is 16.2. The van der Waals surface area contributed by atoms with Gasteiger partial charge in [0.2, 0.25) is 0 Å². The van der Waals surface area contributed by atoms with Crippen molar-refractivity contribution in [3.05, 3.63) is 42.0 Å². The Morgan fingerprint density at radius 3 is 2.31 bits per heavy atom. The Hall–Kier alpha value is -2.47. The van der Waals surface area contributed by atoms with Gasteiger partial charge >= 0.3 is 0 Å². The van der Waals surface area contributed by atoms with Crippen molar-refractivity contribution in [3.63, 3.8) is 0 Å². The van der Waals surface area contributed by atoms with Crippen LogP contribution in [0.5, 0.6) is 11.5 Å². The highest BCUT2D eigenvalue weighted by molar-refractivity contribution is 7.22. The van der Waals surface area contributed by atoms with Crippen molar-refractivity contribution in [1.29, 1.82) is 0 Å². The van der Waals surface area contributed by atoms with Crippen molar-refractivity contribution in [2.45, 2.75) is 6.92 Å². The summed E-state index contributed by atoms with van der Waals surface area (Å²) in [5, 5.41) is 1.03. The molecule has 0 spiro atoms. The fourth-order valence-electron chi connectivity index (χ4n) is 3.39. The third-order valence-corrected chi connectivity index (χ3v) is 5.95. The number of aryl methyl sites for hydroxylation is 1. The second kappa shape index (κ2) is 7.03. The first-order valence-corrected chi connectivity index (χ1v) is 9.59. The van der Waals surface area contributed by atoms with Gasteiger partial charge in [0.05, 0.1) is 14.2 Å². The Kier molecular flexibility index (Phi) is 4.59. The quantitative estimate of drug-likeness (QED) is 0.696. The van der Waals surface area contributed by atoms with E-state index in [1.165, 1.54) is 11.3 Å². The maximum atomic E-state index is 5.50. The van der Waals surface area contributed by atoms with Crippen LogP contribution in [0.15, 0.2) is 36.4 Å². The molecule has 0 amide bonds. The van der Waals surface area contributed by atoms with Crippen molar-refractivity contribution in [2.75, 3.05) is 50.2 Å². The number of aromatic nitrogens is 1. The number of benzene rings is 2. The Bertz CT molecular complexity index is 876. The minimum Gasteiger partial charge on any atom is -0.495 e. The van der Waals surface area contributed by atoms with Gasteiger partial charge in [0.1, 0.15) is 21.7 Å². The van der Waals surface area contributed by atoms with Crippen LogP contribution in [0.25, 0.3) is 10.2 Å². The Balaban J connectivity index is 1.56. The van der Waals surface area contributed by atoms with Crippen LogP contribution < -0.4 is 19.3 Å². The van der Waals surface area contributed by atoms with Gasteiger partial charge in [-0.2, -0.15) is 0 Å². The van der Waals surface area contributed by atoms with Crippen molar-refractivity contribution in [3.8, 4) is 11.5 Å². The van der Waals surface area contributed by atoms with Crippen molar-refractivity contribution in [1.82, 2.24) is 4.98 Å². The SMILES string of the molecule is COc1ccc(OC)c2sc(N3CCN(c4cccc(C)c4)CC3)nc12. The van der Waals surface area contributed by atoms with Gasteiger partial charge in [-0.3, -0.25) is 0 Å². The average molecular weight is 369 g/mol. The molecule has 1 saturated heterocycles. The molecule has 2 aromatic carbocycles. The summed E-state index contributed by atoms with van der Waals surface area (Å²) in [6.07, 6.45) is 0. The highest BCUT2D eigenvalue weighted by Crippen LogP contribution is 2.40. The number of anilines is 2. The van der Waals surface area contributed by atoms with E-state index < -0.39 is 0 Å². The molecule has 1 aliphatic heterocycles. The fourth-order valence-corrected chi connectivity index (χ4v) is 4.52. The summed E-state index contributed by atoms with van der Waals surface area (Å²) >= 11 is 1.68. The number of rotatable bonds is 4. The Labute approximate surface area is 157 Å². The summed E-state index contributed by atoms with van der Waals surface area (Å²) < 4.78 is 12.0. The van der Waals surface area contributed by atoms with Gasteiger partial charge in [0, 0.05) is 31.9 Å². The molecule has 0 unspecified atom stereocenters. The lowest BCUT2D eigenvalue weighted by atomic mass is 10.2. The van der Waals surface area contributed by atoms with Crippen LogP contribution in [-0.4, -0.2) is 45.4 Å². The van der Waals surface area contributed by atoms with Gasteiger partial charge < -0.3 is 19.3 Å². The number of thiazole rings is 1. The minimum absolute atomic E-state index is 0.793. The van der Waals surface area contributed by atoms with Crippen LogP contribution in [0.1, 0.15) is 5.56 Å². The average Bonchev–Trinajstić information content (AvgIpc) is 3.13. The Morgan fingerprint density at radius 1 is 0.923 bits per heavy atom. The van der Waals surface area contributed by atoms with Crippen LogP contribution >= 0.6 is 11.3 Å². The summed E-state index contributed by atoms with van der Waals surface area (Å²) in [4.78, 5) is 9.65. The topological polar surface area (TPSA) is 37.8 Å². The smallest absolute Gasteiger partial charge is 0.186 e. The number of hydrogen-bond acceptors (Lipinski definition) is 6. The van der Waals surface area contributed by atoms with E-state index in [9.17, 15) is 0 Å². The molecule has 6 heteroatoms.